The van der Waals surface area contributed by atoms with E-state index in [9.17, 15) is 13.6 Å². The third-order valence-corrected chi connectivity index (χ3v) is 5.60. The van der Waals surface area contributed by atoms with E-state index in [1.54, 1.807) is 23.2 Å². The number of alkyl halides is 1. The predicted molar refractivity (Wildman–Crippen MR) is 116 cm³/mol. The number of hydrogen-bond donors (Lipinski definition) is 0. The molecule has 1 amide bonds. The fourth-order valence-electron chi connectivity index (χ4n) is 3.77. The minimum Gasteiger partial charge on any atom is -0.369 e. The molecule has 1 aromatic heterocycles. The van der Waals surface area contributed by atoms with Crippen molar-refractivity contribution in [3.8, 4) is 0 Å². The third-order valence-electron chi connectivity index (χ3n) is 5.60. The van der Waals surface area contributed by atoms with Crippen molar-refractivity contribution < 1.29 is 18.3 Å². The minimum atomic E-state index is -0.978. The maximum absolute atomic E-state index is 13.4. The zero-order chi connectivity index (χ0) is 22.1. The topological polar surface area (TPSA) is 47.4 Å². The van der Waals surface area contributed by atoms with Gasteiger partial charge in [-0.2, -0.15) is 0 Å². The van der Waals surface area contributed by atoms with Crippen molar-refractivity contribution in [2.45, 2.75) is 39.2 Å². The van der Waals surface area contributed by atoms with Gasteiger partial charge in [0.15, 0.2) is 0 Å². The SMILES string of the molecule is CC(F)Cc1nc2ccc(N3C=CC(OCc4ccc(F)cc4)C(C)C3=O)cc2n1C. The number of aryl methyl sites for hydroxylation is 1. The summed E-state index contributed by atoms with van der Waals surface area (Å²) in [6, 6.07) is 11.7. The fraction of sp³-hybridized carbons (Fsp3) is 0.333. The Kier molecular flexibility index (Phi) is 5.87. The van der Waals surface area contributed by atoms with Crippen LogP contribution in [0.15, 0.2) is 54.7 Å². The Morgan fingerprint density at radius 1 is 1.19 bits per heavy atom. The maximum atomic E-state index is 13.4. The van der Waals surface area contributed by atoms with E-state index in [2.05, 4.69) is 4.98 Å². The van der Waals surface area contributed by atoms with Gasteiger partial charge in [0.2, 0.25) is 5.91 Å². The number of anilines is 1. The molecule has 2 aromatic carbocycles. The van der Waals surface area contributed by atoms with Gasteiger partial charge >= 0.3 is 0 Å². The van der Waals surface area contributed by atoms with E-state index < -0.39 is 6.17 Å². The second-order valence-electron chi connectivity index (χ2n) is 7.99. The zero-order valence-corrected chi connectivity index (χ0v) is 17.8. The van der Waals surface area contributed by atoms with E-state index in [-0.39, 0.29) is 30.2 Å². The summed E-state index contributed by atoms with van der Waals surface area (Å²) in [4.78, 5) is 19.1. The lowest BCUT2D eigenvalue weighted by molar-refractivity contribution is -0.126. The number of rotatable bonds is 6. The molecule has 0 aliphatic carbocycles. The quantitative estimate of drug-likeness (QED) is 0.575. The Morgan fingerprint density at radius 3 is 2.65 bits per heavy atom. The summed E-state index contributed by atoms with van der Waals surface area (Å²) >= 11 is 0. The van der Waals surface area contributed by atoms with Crippen LogP contribution in [-0.2, 0) is 29.6 Å². The molecular formula is C24H25F2N3O2. The van der Waals surface area contributed by atoms with Crippen LogP contribution in [0.2, 0.25) is 0 Å². The standard InChI is InChI=1S/C24H25F2N3O2/c1-15(25)12-23-27-20-9-8-19(13-21(20)28(23)3)29-11-10-22(16(2)24(29)30)31-14-17-4-6-18(26)7-5-17/h4-11,13,15-16,22H,12,14H2,1-3H3. The lowest BCUT2D eigenvalue weighted by Gasteiger charge is -2.31. The molecule has 1 aliphatic heterocycles. The molecule has 0 radical (unpaired) electrons. The van der Waals surface area contributed by atoms with Gasteiger partial charge in [-0.3, -0.25) is 9.69 Å². The largest absolute Gasteiger partial charge is 0.369 e. The zero-order valence-electron chi connectivity index (χ0n) is 17.8. The molecule has 0 spiro atoms. The van der Waals surface area contributed by atoms with Gasteiger partial charge in [0.05, 0.1) is 35.3 Å². The van der Waals surface area contributed by atoms with Gasteiger partial charge < -0.3 is 9.30 Å². The number of ether oxygens (including phenoxy) is 1. The molecule has 2 heterocycles. The second kappa shape index (κ2) is 8.59. The van der Waals surface area contributed by atoms with Gasteiger partial charge in [-0.05, 0) is 48.9 Å². The first-order valence-corrected chi connectivity index (χ1v) is 10.3. The monoisotopic (exact) mass is 425 g/mol. The first-order valence-electron chi connectivity index (χ1n) is 10.3. The van der Waals surface area contributed by atoms with E-state index in [0.717, 1.165) is 22.3 Å². The first kappa shape index (κ1) is 21.2. The second-order valence-corrected chi connectivity index (χ2v) is 7.99. The first-order chi connectivity index (χ1) is 14.8. The van der Waals surface area contributed by atoms with Crippen LogP contribution in [0, 0.1) is 11.7 Å². The van der Waals surface area contributed by atoms with Crippen LogP contribution in [0.4, 0.5) is 14.5 Å². The summed E-state index contributed by atoms with van der Waals surface area (Å²) in [6.07, 6.45) is 2.48. The van der Waals surface area contributed by atoms with Gasteiger partial charge in [-0.15, -0.1) is 0 Å². The van der Waals surface area contributed by atoms with Gasteiger partial charge in [0, 0.05) is 19.7 Å². The smallest absolute Gasteiger partial charge is 0.236 e. The molecule has 3 unspecified atom stereocenters. The number of hydrogen-bond acceptors (Lipinski definition) is 3. The molecule has 1 aliphatic rings. The van der Waals surface area contributed by atoms with Crippen LogP contribution in [-0.4, -0.2) is 27.7 Å². The number of carbonyl (C=O) groups is 1. The lowest BCUT2D eigenvalue weighted by atomic mass is 9.99. The maximum Gasteiger partial charge on any atom is 0.236 e. The van der Waals surface area contributed by atoms with Crippen molar-refractivity contribution in [1.82, 2.24) is 9.55 Å². The van der Waals surface area contributed by atoms with Crippen molar-refractivity contribution in [3.05, 3.63) is 71.9 Å². The van der Waals surface area contributed by atoms with Crippen LogP contribution in [0.5, 0.6) is 0 Å². The van der Waals surface area contributed by atoms with Crippen molar-refractivity contribution in [2.75, 3.05) is 4.90 Å². The van der Waals surface area contributed by atoms with E-state index >= 15 is 0 Å². The van der Waals surface area contributed by atoms with E-state index in [0.29, 0.717) is 12.4 Å². The molecule has 0 saturated heterocycles. The highest BCUT2D eigenvalue weighted by Gasteiger charge is 2.31. The average Bonchev–Trinajstić information content (AvgIpc) is 3.04. The highest BCUT2D eigenvalue weighted by atomic mass is 19.1. The van der Waals surface area contributed by atoms with Crippen molar-refractivity contribution in [2.24, 2.45) is 13.0 Å². The van der Waals surface area contributed by atoms with Gasteiger partial charge in [-0.25, -0.2) is 13.8 Å². The molecule has 0 N–H and O–H groups in total. The lowest BCUT2D eigenvalue weighted by Crippen LogP contribution is -2.41. The summed E-state index contributed by atoms with van der Waals surface area (Å²) in [5.74, 6) is -0.0798. The Morgan fingerprint density at radius 2 is 1.94 bits per heavy atom. The summed E-state index contributed by atoms with van der Waals surface area (Å²) < 4.78 is 34.3. The van der Waals surface area contributed by atoms with E-state index in [1.807, 2.05) is 42.8 Å². The van der Waals surface area contributed by atoms with Gasteiger partial charge in [0.25, 0.3) is 0 Å². The van der Waals surface area contributed by atoms with Crippen LogP contribution >= 0.6 is 0 Å². The van der Waals surface area contributed by atoms with Crippen LogP contribution < -0.4 is 4.90 Å². The Balaban J connectivity index is 1.52. The van der Waals surface area contributed by atoms with Gasteiger partial charge in [0.1, 0.15) is 17.8 Å². The molecular weight excluding hydrogens is 400 g/mol. The Labute approximate surface area is 179 Å². The number of amides is 1. The molecule has 5 nitrogen and oxygen atoms in total. The molecule has 0 fully saturated rings. The summed E-state index contributed by atoms with van der Waals surface area (Å²) in [5.41, 5.74) is 3.18. The number of nitrogens with zero attached hydrogens (tertiary/aromatic N) is 3. The predicted octanol–water partition coefficient (Wildman–Crippen LogP) is 4.69. The average molecular weight is 425 g/mol. The summed E-state index contributed by atoms with van der Waals surface area (Å²) in [7, 11) is 1.85. The summed E-state index contributed by atoms with van der Waals surface area (Å²) in [6.45, 7) is 3.64. The number of halogens is 2. The molecule has 0 saturated carbocycles. The minimum absolute atomic E-state index is 0.0780. The van der Waals surface area contributed by atoms with Crippen molar-refractivity contribution in [3.63, 3.8) is 0 Å². The third kappa shape index (κ3) is 4.37. The molecule has 7 heteroatoms. The number of aromatic nitrogens is 2. The van der Waals surface area contributed by atoms with Crippen LogP contribution in [0.25, 0.3) is 11.0 Å². The molecule has 4 rings (SSSR count). The molecule has 0 bridgehead atoms. The highest BCUT2D eigenvalue weighted by molar-refractivity contribution is 5.99. The molecule has 3 aromatic rings. The number of benzene rings is 2. The van der Waals surface area contributed by atoms with E-state index in [4.69, 9.17) is 4.74 Å². The van der Waals surface area contributed by atoms with E-state index in [1.165, 1.54) is 19.1 Å². The highest BCUT2D eigenvalue weighted by Crippen LogP contribution is 2.28. The van der Waals surface area contributed by atoms with Crippen molar-refractivity contribution >= 4 is 22.6 Å². The Bertz CT molecular complexity index is 1120. The summed E-state index contributed by atoms with van der Waals surface area (Å²) in [5, 5.41) is 0. The normalized spacial score (nSPS) is 19.9. The number of fused-ring (bicyclic) bond motifs is 1. The Hall–Kier alpha value is -3.06. The van der Waals surface area contributed by atoms with Gasteiger partial charge in [-0.1, -0.05) is 19.1 Å². The van der Waals surface area contributed by atoms with Crippen LogP contribution in [0.1, 0.15) is 25.2 Å². The molecule has 31 heavy (non-hydrogen) atoms. The van der Waals surface area contributed by atoms with Crippen molar-refractivity contribution in [1.29, 1.82) is 0 Å². The van der Waals surface area contributed by atoms with Crippen LogP contribution in [0.3, 0.4) is 0 Å². The molecule has 162 valence electrons. The number of carbonyl (C=O) groups excluding carboxylic acids is 1. The fourth-order valence-corrected chi connectivity index (χ4v) is 3.77. The molecule has 3 atom stereocenters. The number of imidazole rings is 1.